The van der Waals surface area contributed by atoms with Crippen LogP contribution in [0.5, 0.6) is 0 Å². The van der Waals surface area contributed by atoms with E-state index < -0.39 is 0 Å². The molecule has 0 saturated carbocycles. The van der Waals surface area contributed by atoms with Crippen LogP contribution in [0.4, 0.5) is 5.82 Å². The highest BCUT2D eigenvalue weighted by atomic mass is 16.2. The van der Waals surface area contributed by atoms with Gasteiger partial charge in [-0.25, -0.2) is 9.97 Å². The van der Waals surface area contributed by atoms with Crippen LogP contribution in [0, 0.1) is 0 Å². The zero-order chi connectivity index (χ0) is 16.7. The average Bonchev–Trinajstić information content (AvgIpc) is 2.58. The molecule has 8 nitrogen and oxygen atoms in total. The Labute approximate surface area is 136 Å². The molecule has 0 radical (unpaired) electrons. The average molecular weight is 320 g/mol. The topological polar surface area (TPSA) is 81.7 Å². The highest BCUT2D eigenvalue weighted by Crippen LogP contribution is 2.09. The highest BCUT2D eigenvalue weighted by molar-refractivity contribution is 5.93. The smallest absolute Gasteiger partial charge is 0.272 e. The Hall–Kier alpha value is -2.22. The molecule has 1 aliphatic rings. The summed E-state index contributed by atoms with van der Waals surface area (Å²) in [6, 6.07) is 1.68. The van der Waals surface area contributed by atoms with Gasteiger partial charge in [0.25, 0.3) is 5.91 Å². The van der Waals surface area contributed by atoms with Crippen molar-refractivity contribution in [1.82, 2.24) is 24.7 Å². The van der Waals surface area contributed by atoms with Gasteiger partial charge in [-0.1, -0.05) is 0 Å². The summed E-state index contributed by atoms with van der Waals surface area (Å²) >= 11 is 0. The largest absolute Gasteiger partial charge is 0.370 e. The zero-order valence-electron chi connectivity index (χ0n) is 13.7. The number of carbonyl (C=O) groups is 2. The van der Waals surface area contributed by atoms with Crippen LogP contribution in [0.1, 0.15) is 16.9 Å². The second-order valence-corrected chi connectivity index (χ2v) is 5.81. The first-order chi connectivity index (χ1) is 11.1. The van der Waals surface area contributed by atoms with Crippen LogP contribution in [0.3, 0.4) is 0 Å². The molecule has 0 spiro atoms. The molecule has 1 aromatic rings. The number of rotatable bonds is 7. The van der Waals surface area contributed by atoms with E-state index in [1.54, 1.807) is 15.9 Å². The number of piperazine rings is 1. The van der Waals surface area contributed by atoms with Crippen molar-refractivity contribution in [3.05, 3.63) is 18.1 Å². The Balaban J connectivity index is 1.88. The van der Waals surface area contributed by atoms with Gasteiger partial charge in [0.15, 0.2) is 0 Å². The minimum absolute atomic E-state index is 0.116. The molecule has 0 aromatic carbocycles. The van der Waals surface area contributed by atoms with Crippen LogP contribution >= 0.6 is 0 Å². The van der Waals surface area contributed by atoms with Crippen LogP contribution < -0.4 is 5.32 Å². The second-order valence-electron chi connectivity index (χ2n) is 5.81. The maximum atomic E-state index is 12.5. The van der Waals surface area contributed by atoms with Crippen molar-refractivity contribution >= 4 is 18.1 Å². The van der Waals surface area contributed by atoms with Gasteiger partial charge in [-0.2, -0.15) is 0 Å². The summed E-state index contributed by atoms with van der Waals surface area (Å²) in [6.45, 7) is 3.98. The van der Waals surface area contributed by atoms with Crippen molar-refractivity contribution in [3.8, 4) is 0 Å². The summed E-state index contributed by atoms with van der Waals surface area (Å²) in [7, 11) is 4.07. The third-order valence-electron chi connectivity index (χ3n) is 3.72. The number of hydrogen-bond acceptors (Lipinski definition) is 6. The van der Waals surface area contributed by atoms with Crippen LogP contribution in [0.25, 0.3) is 0 Å². The molecule has 1 aromatic heterocycles. The number of anilines is 1. The molecule has 1 saturated heterocycles. The van der Waals surface area contributed by atoms with E-state index in [2.05, 4.69) is 20.2 Å². The zero-order valence-corrected chi connectivity index (χ0v) is 13.7. The minimum Gasteiger partial charge on any atom is -0.370 e. The van der Waals surface area contributed by atoms with Crippen molar-refractivity contribution in [2.45, 2.75) is 6.42 Å². The lowest BCUT2D eigenvalue weighted by molar-refractivity contribution is -0.119. The van der Waals surface area contributed by atoms with Gasteiger partial charge in [0.05, 0.1) is 0 Å². The van der Waals surface area contributed by atoms with E-state index in [4.69, 9.17) is 0 Å². The van der Waals surface area contributed by atoms with Crippen molar-refractivity contribution in [3.63, 3.8) is 0 Å². The van der Waals surface area contributed by atoms with Gasteiger partial charge in [0.2, 0.25) is 6.41 Å². The van der Waals surface area contributed by atoms with E-state index in [0.29, 0.717) is 37.7 Å². The van der Waals surface area contributed by atoms with Gasteiger partial charge in [0, 0.05) is 38.8 Å². The van der Waals surface area contributed by atoms with E-state index >= 15 is 0 Å². The van der Waals surface area contributed by atoms with Gasteiger partial charge in [-0.15, -0.1) is 0 Å². The fourth-order valence-electron chi connectivity index (χ4n) is 2.38. The maximum Gasteiger partial charge on any atom is 0.272 e. The molecule has 0 bridgehead atoms. The molecule has 2 rings (SSSR count). The Morgan fingerprint density at radius 1 is 1.30 bits per heavy atom. The number of carbonyl (C=O) groups excluding carboxylic acids is 2. The molecule has 1 aliphatic heterocycles. The Morgan fingerprint density at radius 2 is 2.04 bits per heavy atom. The van der Waals surface area contributed by atoms with Crippen molar-refractivity contribution in [1.29, 1.82) is 0 Å². The SMILES string of the molecule is CN(C)CCCNc1cc(C(=O)N2CCN(C=O)CC2)ncn1. The van der Waals surface area contributed by atoms with E-state index in [1.165, 1.54) is 6.33 Å². The van der Waals surface area contributed by atoms with Crippen molar-refractivity contribution < 1.29 is 9.59 Å². The lowest BCUT2D eigenvalue weighted by Crippen LogP contribution is -2.48. The quantitative estimate of drug-likeness (QED) is 0.551. The number of nitrogens with one attached hydrogen (secondary N) is 1. The standard InChI is InChI=1S/C15H24N6O2/c1-19(2)5-3-4-16-14-10-13(17-11-18-14)15(23)21-8-6-20(12-22)7-9-21/h10-12H,3-9H2,1-2H3,(H,16,17,18). The monoisotopic (exact) mass is 320 g/mol. The van der Waals surface area contributed by atoms with Crippen molar-refractivity contribution in [2.75, 3.05) is 58.7 Å². The minimum atomic E-state index is -0.116. The number of aromatic nitrogens is 2. The Kier molecular flexibility index (Phi) is 6.28. The normalized spacial score (nSPS) is 14.9. The van der Waals surface area contributed by atoms with Crippen LogP contribution in [-0.4, -0.2) is 90.3 Å². The van der Waals surface area contributed by atoms with E-state index in [0.717, 1.165) is 25.9 Å². The summed E-state index contributed by atoms with van der Waals surface area (Å²) in [5.74, 6) is 0.544. The molecule has 1 N–H and O–H groups in total. The molecule has 8 heteroatoms. The molecule has 0 aliphatic carbocycles. The summed E-state index contributed by atoms with van der Waals surface area (Å²) in [5, 5.41) is 3.21. The van der Waals surface area contributed by atoms with Gasteiger partial charge >= 0.3 is 0 Å². The number of hydrogen-bond donors (Lipinski definition) is 1. The van der Waals surface area contributed by atoms with E-state index in [-0.39, 0.29) is 5.91 Å². The lowest BCUT2D eigenvalue weighted by atomic mass is 10.2. The maximum absolute atomic E-state index is 12.5. The van der Waals surface area contributed by atoms with Gasteiger partial charge in [-0.3, -0.25) is 9.59 Å². The van der Waals surface area contributed by atoms with E-state index in [9.17, 15) is 9.59 Å². The summed E-state index contributed by atoms with van der Waals surface area (Å²) < 4.78 is 0. The molecular weight excluding hydrogens is 296 g/mol. The van der Waals surface area contributed by atoms with Gasteiger partial charge in [0.1, 0.15) is 17.8 Å². The third-order valence-corrected chi connectivity index (χ3v) is 3.72. The predicted octanol–water partition coefficient (Wildman–Crippen LogP) is -0.246. The molecule has 1 fully saturated rings. The van der Waals surface area contributed by atoms with Crippen LogP contribution in [0.2, 0.25) is 0 Å². The first-order valence-electron chi connectivity index (χ1n) is 7.79. The Bertz CT molecular complexity index is 528. The predicted molar refractivity (Wildman–Crippen MR) is 87.2 cm³/mol. The second kappa shape index (κ2) is 8.42. The van der Waals surface area contributed by atoms with Crippen molar-refractivity contribution in [2.24, 2.45) is 0 Å². The van der Waals surface area contributed by atoms with Crippen LogP contribution in [0.15, 0.2) is 12.4 Å². The molecule has 23 heavy (non-hydrogen) atoms. The van der Waals surface area contributed by atoms with E-state index in [1.807, 2.05) is 14.1 Å². The molecular formula is C15H24N6O2. The fourth-order valence-corrected chi connectivity index (χ4v) is 2.38. The first-order valence-corrected chi connectivity index (χ1v) is 7.79. The molecule has 2 heterocycles. The lowest BCUT2D eigenvalue weighted by Gasteiger charge is -2.32. The summed E-state index contributed by atoms with van der Waals surface area (Å²) in [6.07, 6.45) is 3.22. The Morgan fingerprint density at radius 3 is 2.70 bits per heavy atom. The molecule has 126 valence electrons. The molecule has 0 unspecified atom stereocenters. The number of nitrogens with zero attached hydrogens (tertiary/aromatic N) is 5. The fraction of sp³-hybridized carbons (Fsp3) is 0.600. The molecule has 0 atom stereocenters. The van der Waals surface area contributed by atoms with Gasteiger partial charge in [-0.05, 0) is 27.1 Å². The third kappa shape index (κ3) is 5.17. The van der Waals surface area contributed by atoms with Gasteiger partial charge < -0.3 is 20.0 Å². The highest BCUT2D eigenvalue weighted by Gasteiger charge is 2.22. The summed E-state index contributed by atoms with van der Waals surface area (Å²) in [4.78, 5) is 36.9. The number of amides is 2. The first kappa shape index (κ1) is 17.1. The van der Waals surface area contributed by atoms with Crippen LogP contribution in [-0.2, 0) is 4.79 Å². The molecule has 2 amide bonds. The summed E-state index contributed by atoms with van der Waals surface area (Å²) in [5.41, 5.74) is 0.384.